The fourth-order valence-corrected chi connectivity index (χ4v) is 2.13. The summed E-state index contributed by atoms with van der Waals surface area (Å²) in [5.41, 5.74) is -0.359. The zero-order chi connectivity index (χ0) is 17.3. The van der Waals surface area contributed by atoms with Crippen LogP contribution in [0.4, 0.5) is 0 Å². The molecule has 0 saturated carbocycles. The van der Waals surface area contributed by atoms with Crippen LogP contribution in [-0.2, 0) is 9.47 Å². The van der Waals surface area contributed by atoms with Crippen LogP contribution >= 0.6 is 0 Å². The highest BCUT2D eigenvalue weighted by atomic mass is 16.7. The summed E-state index contributed by atoms with van der Waals surface area (Å²) in [5.74, 6) is -3.50. The molecule has 0 spiro atoms. The molecule has 10 heteroatoms. The number of aliphatic hydroxyl groups is 4. The fourth-order valence-electron chi connectivity index (χ4n) is 2.13. The topological polar surface area (TPSA) is 177 Å². The van der Waals surface area contributed by atoms with Gasteiger partial charge in [-0.25, -0.2) is 4.79 Å². The zero-order valence-electron chi connectivity index (χ0n) is 11.6. The van der Waals surface area contributed by atoms with E-state index in [1.54, 1.807) is 0 Å². The predicted molar refractivity (Wildman–Crippen MR) is 70.6 cm³/mol. The Morgan fingerprint density at radius 3 is 2.17 bits per heavy atom. The SMILES string of the molecule is O=C(O[C@H]1[C@H](O)[C@@H](O)[C@H](O)O[C@@H]1CO)c1cc(O)c(O)c(O)c1. The molecule has 0 radical (unpaired) electrons. The molecule has 1 saturated heterocycles. The Hall–Kier alpha value is -2.11. The average molecular weight is 332 g/mol. The number of phenols is 3. The molecule has 1 fully saturated rings. The number of esters is 1. The Kier molecular flexibility index (Phi) is 4.92. The van der Waals surface area contributed by atoms with Crippen molar-refractivity contribution in [1.82, 2.24) is 0 Å². The Morgan fingerprint density at radius 2 is 1.65 bits per heavy atom. The van der Waals surface area contributed by atoms with E-state index in [-0.39, 0.29) is 5.56 Å². The summed E-state index contributed by atoms with van der Waals surface area (Å²) < 4.78 is 9.73. The molecule has 2 rings (SSSR count). The molecule has 10 nitrogen and oxygen atoms in total. The second-order valence-electron chi connectivity index (χ2n) is 4.96. The first-order valence-electron chi connectivity index (χ1n) is 6.52. The number of ether oxygens (including phenoxy) is 2. The summed E-state index contributed by atoms with van der Waals surface area (Å²) in [4.78, 5) is 12.0. The van der Waals surface area contributed by atoms with Crippen LogP contribution < -0.4 is 0 Å². The lowest BCUT2D eigenvalue weighted by Crippen LogP contribution is -2.59. The van der Waals surface area contributed by atoms with E-state index in [0.717, 1.165) is 12.1 Å². The first-order chi connectivity index (χ1) is 10.8. The minimum atomic E-state index is -1.77. The van der Waals surface area contributed by atoms with Gasteiger partial charge in [0.25, 0.3) is 0 Å². The fraction of sp³-hybridized carbons (Fsp3) is 0.462. The lowest BCUT2D eigenvalue weighted by Gasteiger charge is -2.39. The van der Waals surface area contributed by atoms with E-state index in [2.05, 4.69) is 0 Å². The molecule has 1 aromatic rings. The van der Waals surface area contributed by atoms with Crippen molar-refractivity contribution < 1.29 is 50.0 Å². The van der Waals surface area contributed by atoms with E-state index >= 15 is 0 Å². The van der Waals surface area contributed by atoms with Crippen molar-refractivity contribution in [1.29, 1.82) is 0 Å². The molecular weight excluding hydrogens is 316 g/mol. The van der Waals surface area contributed by atoms with Crippen LogP contribution in [-0.4, -0.2) is 79.0 Å². The summed E-state index contributed by atoms with van der Waals surface area (Å²) >= 11 is 0. The molecule has 23 heavy (non-hydrogen) atoms. The van der Waals surface area contributed by atoms with E-state index in [4.69, 9.17) is 14.6 Å². The summed E-state index contributed by atoms with van der Waals surface area (Å²) in [6, 6.07) is 1.62. The molecule has 0 amide bonds. The Balaban J connectivity index is 2.21. The van der Waals surface area contributed by atoms with Crippen molar-refractivity contribution >= 4 is 5.97 Å². The van der Waals surface area contributed by atoms with Crippen LogP contribution in [0.5, 0.6) is 17.2 Å². The van der Waals surface area contributed by atoms with Gasteiger partial charge in [0.2, 0.25) is 0 Å². The Morgan fingerprint density at radius 1 is 1.09 bits per heavy atom. The number of carbonyl (C=O) groups excluding carboxylic acids is 1. The van der Waals surface area contributed by atoms with E-state index < -0.39 is 60.5 Å². The largest absolute Gasteiger partial charge is 0.504 e. The van der Waals surface area contributed by atoms with Crippen LogP contribution in [0, 0.1) is 0 Å². The molecule has 0 aliphatic carbocycles. The Bertz CT molecular complexity index is 563. The van der Waals surface area contributed by atoms with Gasteiger partial charge in [0, 0.05) is 0 Å². The maximum atomic E-state index is 12.0. The third-order valence-corrected chi connectivity index (χ3v) is 3.39. The number of rotatable bonds is 3. The van der Waals surface area contributed by atoms with Gasteiger partial charge in [0.1, 0.15) is 18.3 Å². The van der Waals surface area contributed by atoms with Gasteiger partial charge in [-0.2, -0.15) is 0 Å². The molecule has 1 aliphatic rings. The van der Waals surface area contributed by atoms with Crippen LogP contribution in [0.1, 0.15) is 10.4 Å². The molecular formula is C13H16O10. The number of carbonyl (C=O) groups is 1. The van der Waals surface area contributed by atoms with Gasteiger partial charge in [0.15, 0.2) is 29.6 Å². The summed E-state index contributed by atoms with van der Waals surface area (Å²) in [5, 5.41) is 65.8. The van der Waals surface area contributed by atoms with Gasteiger partial charge in [-0.1, -0.05) is 0 Å². The first-order valence-corrected chi connectivity index (χ1v) is 6.52. The molecule has 0 bridgehead atoms. The van der Waals surface area contributed by atoms with Crippen molar-refractivity contribution in [2.45, 2.75) is 30.7 Å². The highest BCUT2D eigenvalue weighted by molar-refractivity contribution is 5.91. The number of benzene rings is 1. The normalized spacial score (nSPS) is 30.9. The van der Waals surface area contributed by atoms with Crippen molar-refractivity contribution in [3.05, 3.63) is 17.7 Å². The van der Waals surface area contributed by atoms with Crippen LogP contribution in [0.3, 0.4) is 0 Å². The molecule has 7 N–H and O–H groups in total. The van der Waals surface area contributed by atoms with E-state index in [0.29, 0.717) is 0 Å². The predicted octanol–water partition coefficient (Wildman–Crippen LogP) is -2.24. The average Bonchev–Trinajstić information content (AvgIpc) is 2.52. The minimum Gasteiger partial charge on any atom is -0.504 e. The number of aromatic hydroxyl groups is 3. The zero-order valence-corrected chi connectivity index (χ0v) is 11.6. The number of hydrogen-bond donors (Lipinski definition) is 7. The highest BCUT2D eigenvalue weighted by Gasteiger charge is 2.46. The van der Waals surface area contributed by atoms with Gasteiger partial charge in [-0.05, 0) is 12.1 Å². The van der Waals surface area contributed by atoms with E-state index in [9.17, 15) is 35.4 Å². The van der Waals surface area contributed by atoms with Crippen LogP contribution in [0.25, 0.3) is 0 Å². The van der Waals surface area contributed by atoms with Crippen molar-refractivity contribution in [3.8, 4) is 17.2 Å². The van der Waals surface area contributed by atoms with Crippen LogP contribution in [0.15, 0.2) is 12.1 Å². The summed E-state index contributed by atoms with van der Waals surface area (Å²) in [6.07, 6.45) is -8.08. The molecule has 5 atom stereocenters. The molecule has 1 aliphatic heterocycles. The van der Waals surface area contributed by atoms with Gasteiger partial charge >= 0.3 is 5.97 Å². The maximum absolute atomic E-state index is 12.0. The number of aliphatic hydroxyl groups excluding tert-OH is 4. The molecule has 0 unspecified atom stereocenters. The van der Waals surface area contributed by atoms with Crippen molar-refractivity contribution in [2.24, 2.45) is 0 Å². The number of phenolic OH excluding ortho intramolecular Hbond substituents is 3. The summed E-state index contributed by atoms with van der Waals surface area (Å²) in [7, 11) is 0. The smallest absolute Gasteiger partial charge is 0.338 e. The third kappa shape index (κ3) is 3.30. The van der Waals surface area contributed by atoms with Crippen molar-refractivity contribution in [2.75, 3.05) is 6.61 Å². The quantitative estimate of drug-likeness (QED) is 0.236. The molecule has 1 aromatic carbocycles. The van der Waals surface area contributed by atoms with Gasteiger partial charge in [0.05, 0.1) is 12.2 Å². The highest BCUT2D eigenvalue weighted by Crippen LogP contribution is 2.36. The lowest BCUT2D eigenvalue weighted by atomic mass is 9.99. The maximum Gasteiger partial charge on any atom is 0.338 e. The molecule has 0 aromatic heterocycles. The minimum absolute atomic E-state index is 0.359. The number of hydrogen-bond acceptors (Lipinski definition) is 10. The summed E-state index contributed by atoms with van der Waals surface area (Å²) in [6.45, 7) is -0.717. The monoisotopic (exact) mass is 332 g/mol. The second kappa shape index (κ2) is 6.56. The first kappa shape index (κ1) is 17.2. The van der Waals surface area contributed by atoms with E-state index in [1.807, 2.05) is 0 Å². The standard InChI is InChI=1S/C13H16O10/c14-3-7-11(9(18)10(19)13(21)22-7)23-12(20)4-1-5(15)8(17)6(16)2-4/h1-2,7,9-11,13-19,21H,3H2/t7-,9-,10-,11-,13-/m1/s1. The van der Waals surface area contributed by atoms with Crippen molar-refractivity contribution in [3.63, 3.8) is 0 Å². The van der Waals surface area contributed by atoms with Gasteiger partial charge in [-0.3, -0.25) is 0 Å². The van der Waals surface area contributed by atoms with Gasteiger partial charge < -0.3 is 45.2 Å². The molecule has 1 heterocycles. The third-order valence-electron chi connectivity index (χ3n) is 3.39. The Labute approximate surface area is 129 Å². The second-order valence-corrected chi connectivity index (χ2v) is 4.96. The van der Waals surface area contributed by atoms with E-state index in [1.165, 1.54) is 0 Å². The lowest BCUT2D eigenvalue weighted by molar-refractivity contribution is -0.285. The molecule has 128 valence electrons. The van der Waals surface area contributed by atoms with Gasteiger partial charge in [-0.15, -0.1) is 0 Å². The van der Waals surface area contributed by atoms with Crippen LogP contribution in [0.2, 0.25) is 0 Å².